The monoisotopic (exact) mass is 497 g/mol. The molecule has 0 saturated heterocycles. The Balaban J connectivity index is 1.57. The highest BCUT2D eigenvalue weighted by Crippen LogP contribution is 2.35. The number of methoxy groups -OCH3 is 1. The molecule has 0 unspecified atom stereocenters. The minimum Gasteiger partial charge on any atom is -0.497 e. The molecule has 0 radical (unpaired) electrons. The van der Waals surface area contributed by atoms with E-state index in [0.717, 1.165) is 5.69 Å². The van der Waals surface area contributed by atoms with Gasteiger partial charge in [-0.1, -0.05) is 29.1 Å². The predicted molar refractivity (Wildman–Crippen MR) is 128 cm³/mol. The van der Waals surface area contributed by atoms with Crippen molar-refractivity contribution in [1.29, 1.82) is 0 Å². The molecule has 2 heterocycles. The van der Waals surface area contributed by atoms with Gasteiger partial charge in [-0.15, -0.1) is 0 Å². The third kappa shape index (κ3) is 6.15. The molecular weight excluding hydrogens is 476 g/mol. The molecule has 4 rings (SSSR count). The van der Waals surface area contributed by atoms with Crippen LogP contribution in [0.3, 0.4) is 0 Å². The number of nitrogens with zero attached hydrogens (tertiary/aromatic N) is 2. The molecule has 0 atom stereocenters. The van der Waals surface area contributed by atoms with Gasteiger partial charge in [-0.3, -0.25) is 4.79 Å². The smallest absolute Gasteiger partial charge is 0.387 e. The molecule has 7 nitrogen and oxygen atoms in total. The average Bonchev–Trinajstić information content (AvgIpc) is 3.28. The lowest BCUT2D eigenvalue weighted by atomic mass is 10.0. The fourth-order valence-corrected chi connectivity index (χ4v) is 4.18. The maximum Gasteiger partial charge on any atom is 0.387 e. The number of carbonyl (C=O) groups excluding carboxylic acids is 1. The van der Waals surface area contributed by atoms with Crippen molar-refractivity contribution in [2.75, 3.05) is 12.4 Å². The molecule has 0 fully saturated rings. The Bertz CT molecular complexity index is 1310. The second-order valence-corrected chi connectivity index (χ2v) is 8.31. The van der Waals surface area contributed by atoms with Crippen LogP contribution in [0.15, 0.2) is 76.4 Å². The number of aryl methyl sites for hydroxylation is 1. The van der Waals surface area contributed by atoms with Crippen LogP contribution in [0.25, 0.3) is 11.1 Å². The summed E-state index contributed by atoms with van der Waals surface area (Å²) in [5.41, 5.74) is 2.54. The highest BCUT2D eigenvalue weighted by atomic mass is 32.2. The second kappa shape index (κ2) is 11.0. The lowest BCUT2D eigenvalue weighted by Gasteiger charge is -2.14. The van der Waals surface area contributed by atoms with Gasteiger partial charge in [0.1, 0.15) is 22.3 Å². The first-order chi connectivity index (χ1) is 16.9. The van der Waals surface area contributed by atoms with Crippen molar-refractivity contribution in [3.05, 3.63) is 83.9 Å². The summed E-state index contributed by atoms with van der Waals surface area (Å²) in [5, 5.41) is 7.30. The van der Waals surface area contributed by atoms with Crippen LogP contribution in [0.1, 0.15) is 21.8 Å². The number of aromatic nitrogens is 2. The first-order valence-corrected chi connectivity index (χ1v) is 11.5. The average molecular weight is 498 g/mol. The van der Waals surface area contributed by atoms with Crippen molar-refractivity contribution in [3.63, 3.8) is 0 Å². The standard InChI is InChI=1S/C25H21F2N3O4S/c1-15-12-18(30-34-15)14-35-24-20(4-3-11-28-24)23(31)29-17-7-10-22(33-25(26)27)21(13-17)16-5-8-19(32-2)9-6-16/h3-13,25H,14H2,1-2H3,(H,29,31). The molecule has 0 aliphatic carbocycles. The van der Waals surface area contributed by atoms with Crippen LogP contribution in [0.4, 0.5) is 14.5 Å². The molecule has 0 spiro atoms. The summed E-state index contributed by atoms with van der Waals surface area (Å²) in [6, 6.07) is 16.5. The van der Waals surface area contributed by atoms with Crippen molar-refractivity contribution in [3.8, 4) is 22.6 Å². The number of hydrogen-bond acceptors (Lipinski definition) is 7. The van der Waals surface area contributed by atoms with E-state index in [0.29, 0.717) is 44.7 Å². The van der Waals surface area contributed by atoms with Crippen molar-refractivity contribution >= 4 is 23.4 Å². The number of benzene rings is 2. The van der Waals surface area contributed by atoms with E-state index in [1.807, 2.05) is 6.07 Å². The zero-order chi connectivity index (χ0) is 24.8. The van der Waals surface area contributed by atoms with E-state index in [1.54, 1.807) is 55.6 Å². The number of amides is 1. The molecular formula is C25H21F2N3O4S. The summed E-state index contributed by atoms with van der Waals surface area (Å²) in [6.07, 6.45) is 1.60. The van der Waals surface area contributed by atoms with Crippen LogP contribution < -0.4 is 14.8 Å². The van der Waals surface area contributed by atoms with Gasteiger partial charge in [-0.25, -0.2) is 4.98 Å². The minimum absolute atomic E-state index is 0.0105. The predicted octanol–water partition coefficient (Wildman–Crippen LogP) is 6.20. The first-order valence-electron chi connectivity index (χ1n) is 10.5. The third-order valence-electron chi connectivity index (χ3n) is 4.90. The number of pyridine rings is 1. The van der Waals surface area contributed by atoms with E-state index in [-0.39, 0.29) is 11.7 Å². The number of carbonyl (C=O) groups is 1. The van der Waals surface area contributed by atoms with Crippen LogP contribution in [-0.4, -0.2) is 29.8 Å². The number of alkyl halides is 2. The lowest BCUT2D eigenvalue weighted by molar-refractivity contribution is -0.0494. The molecule has 0 aliphatic heterocycles. The van der Waals surface area contributed by atoms with Gasteiger partial charge >= 0.3 is 6.61 Å². The zero-order valence-electron chi connectivity index (χ0n) is 18.8. The first kappa shape index (κ1) is 24.2. The number of anilines is 1. The third-order valence-corrected chi connectivity index (χ3v) is 5.94. The molecule has 4 aromatic rings. The minimum atomic E-state index is -2.99. The Kier molecular flexibility index (Phi) is 7.61. The van der Waals surface area contributed by atoms with Gasteiger partial charge < -0.3 is 19.3 Å². The summed E-state index contributed by atoms with van der Waals surface area (Å²) < 4.78 is 40.9. The van der Waals surface area contributed by atoms with E-state index in [4.69, 9.17) is 14.0 Å². The Morgan fingerprint density at radius 1 is 1.14 bits per heavy atom. The Hall–Kier alpha value is -3.92. The molecule has 35 heavy (non-hydrogen) atoms. The van der Waals surface area contributed by atoms with Gasteiger partial charge in [-0.2, -0.15) is 8.78 Å². The summed E-state index contributed by atoms with van der Waals surface area (Å²) in [5.74, 6) is 1.41. The SMILES string of the molecule is COc1ccc(-c2cc(NC(=O)c3cccnc3SCc3cc(C)on3)ccc2OC(F)F)cc1. The van der Waals surface area contributed by atoms with Crippen LogP contribution in [0.5, 0.6) is 11.5 Å². The van der Waals surface area contributed by atoms with Crippen LogP contribution >= 0.6 is 11.8 Å². The number of rotatable bonds is 9. The number of ether oxygens (including phenoxy) is 2. The molecule has 180 valence electrons. The number of halogens is 2. The van der Waals surface area contributed by atoms with Gasteiger partial charge in [-0.05, 0) is 55.0 Å². The Morgan fingerprint density at radius 3 is 2.63 bits per heavy atom. The van der Waals surface area contributed by atoms with E-state index >= 15 is 0 Å². The fourth-order valence-electron chi connectivity index (χ4n) is 3.31. The Morgan fingerprint density at radius 2 is 1.94 bits per heavy atom. The van der Waals surface area contributed by atoms with Gasteiger partial charge in [0.05, 0.1) is 18.4 Å². The van der Waals surface area contributed by atoms with Crippen molar-refractivity contribution in [2.45, 2.75) is 24.3 Å². The van der Waals surface area contributed by atoms with Gasteiger partial charge in [0, 0.05) is 29.3 Å². The molecule has 1 amide bonds. The summed E-state index contributed by atoms with van der Waals surface area (Å²) in [4.78, 5) is 17.4. The fraction of sp³-hybridized carbons (Fsp3) is 0.160. The molecule has 10 heteroatoms. The second-order valence-electron chi connectivity index (χ2n) is 7.35. The maximum absolute atomic E-state index is 13.1. The molecule has 0 saturated carbocycles. The highest BCUT2D eigenvalue weighted by molar-refractivity contribution is 7.98. The molecule has 0 bridgehead atoms. The van der Waals surface area contributed by atoms with Crippen LogP contribution in [-0.2, 0) is 5.75 Å². The van der Waals surface area contributed by atoms with E-state index < -0.39 is 6.61 Å². The summed E-state index contributed by atoms with van der Waals surface area (Å²) >= 11 is 1.36. The van der Waals surface area contributed by atoms with Crippen molar-refractivity contribution < 1.29 is 27.6 Å². The van der Waals surface area contributed by atoms with Crippen LogP contribution in [0.2, 0.25) is 0 Å². The van der Waals surface area contributed by atoms with E-state index in [1.165, 1.54) is 31.0 Å². The topological polar surface area (TPSA) is 86.5 Å². The zero-order valence-corrected chi connectivity index (χ0v) is 19.6. The number of nitrogens with one attached hydrogen (secondary N) is 1. The molecule has 2 aromatic heterocycles. The molecule has 0 aliphatic rings. The normalized spacial score (nSPS) is 10.9. The van der Waals surface area contributed by atoms with E-state index in [2.05, 4.69) is 15.5 Å². The quantitative estimate of drug-likeness (QED) is 0.276. The number of hydrogen-bond donors (Lipinski definition) is 1. The van der Waals surface area contributed by atoms with E-state index in [9.17, 15) is 13.6 Å². The van der Waals surface area contributed by atoms with Gasteiger partial charge in [0.15, 0.2) is 0 Å². The van der Waals surface area contributed by atoms with Crippen molar-refractivity contribution in [1.82, 2.24) is 10.1 Å². The summed E-state index contributed by atoms with van der Waals surface area (Å²) in [7, 11) is 1.54. The van der Waals surface area contributed by atoms with Crippen molar-refractivity contribution in [2.24, 2.45) is 0 Å². The number of thioether (sulfide) groups is 1. The summed E-state index contributed by atoms with van der Waals surface area (Å²) in [6.45, 7) is -1.19. The maximum atomic E-state index is 13.1. The highest BCUT2D eigenvalue weighted by Gasteiger charge is 2.17. The van der Waals surface area contributed by atoms with Crippen LogP contribution in [0, 0.1) is 6.92 Å². The Labute approximate surface area is 204 Å². The molecule has 1 N–H and O–H groups in total. The van der Waals surface area contributed by atoms with Gasteiger partial charge in [0.2, 0.25) is 0 Å². The molecule has 2 aromatic carbocycles. The largest absolute Gasteiger partial charge is 0.497 e. The van der Waals surface area contributed by atoms with Gasteiger partial charge in [0.25, 0.3) is 5.91 Å². The lowest BCUT2D eigenvalue weighted by Crippen LogP contribution is -2.14.